The Morgan fingerprint density at radius 1 is 1.10 bits per heavy atom. The quantitative estimate of drug-likeness (QED) is 0.902. The summed E-state index contributed by atoms with van der Waals surface area (Å²) in [7, 11) is 0. The predicted molar refractivity (Wildman–Crippen MR) is 81.9 cm³/mol. The van der Waals surface area contributed by atoms with Crippen LogP contribution in [0.2, 0.25) is 0 Å². The molecule has 0 unspecified atom stereocenters. The number of hydrogen-bond acceptors (Lipinski definition) is 1. The lowest BCUT2D eigenvalue weighted by atomic mass is 9.94. The molecule has 21 heavy (non-hydrogen) atoms. The molecule has 1 saturated carbocycles. The van der Waals surface area contributed by atoms with Crippen LogP contribution >= 0.6 is 0 Å². The van der Waals surface area contributed by atoms with Crippen molar-refractivity contribution < 1.29 is 9.18 Å². The van der Waals surface area contributed by atoms with Crippen molar-refractivity contribution in [2.45, 2.75) is 32.1 Å². The van der Waals surface area contributed by atoms with Crippen molar-refractivity contribution in [1.82, 2.24) is 0 Å². The van der Waals surface area contributed by atoms with Gasteiger partial charge >= 0.3 is 0 Å². The highest BCUT2D eigenvalue weighted by Crippen LogP contribution is 2.49. The van der Waals surface area contributed by atoms with Crippen molar-refractivity contribution in [3.05, 3.63) is 65.0 Å². The Labute approximate surface area is 124 Å². The summed E-state index contributed by atoms with van der Waals surface area (Å²) in [5, 5.41) is 3.03. The molecule has 2 aromatic rings. The number of nitrogens with one attached hydrogen (secondary N) is 1. The van der Waals surface area contributed by atoms with Crippen molar-refractivity contribution in [2.24, 2.45) is 0 Å². The third-order valence-corrected chi connectivity index (χ3v) is 4.43. The van der Waals surface area contributed by atoms with Gasteiger partial charge in [0, 0.05) is 5.69 Å². The van der Waals surface area contributed by atoms with Gasteiger partial charge in [-0.25, -0.2) is 4.39 Å². The second-order valence-corrected chi connectivity index (χ2v) is 5.79. The van der Waals surface area contributed by atoms with Gasteiger partial charge in [0.05, 0.1) is 5.41 Å². The van der Waals surface area contributed by atoms with Crippen molar-refractivity contribution in [3.63, 3.8) is 0 Å². The lowest BCUT2D eigenvalue weighted by Gasteiger charge is -2.17. The molecule has 0 aromatic heterocycles. The molecule has 0 spiro atoms. The van der Waals surface area contributed by atoms with Crippen molar-refractivity contribution in [3.8, 4) is 0 Å². The second-order valence-electron chi connectivity index (χ2n) is 5.79. The van der Waals surface area contributed by atoms with Gasteiger partial charge in [0.1, 0.15) is 5.82 Å². The van der Waals surface area contributed by atoms with Gasteiger partial charge in [0.15, 0.2) is 0 Å². The molecule has 2 nitrogen and oxygen atoms in total. The van der Waals surface area contributed by atoms with Crippen LogP contribution in [0.25, 0.3) is 0 Å². The molecule has 0 bridgehead atoms. The maximum absolute atomic E-state index is 13.0. The first-order chi connectivity index (χ1) is 10.0. The summed E-state index contributed by atoms with van der Waals surface area (Å²) in [6, 6.07) is 12.1. The Balaban J connectivity index is 1.85. The summed E-state index contributed by atoms with van der Waals surface area (Å²) in [6.45, 7) is 4.03. The second kappa shape index (κ2) is 4.99. The summed E-state index contributed by atoms with van der Waals surface area (Å²) in [5.74, 6) is -0.271. The normalized spacial score (nSPS) is 15.6. The Kier molecular flexibility index (Phi) is 3.28. The van der Waals surface area contributed by atoms with Gasteiger partial charge in [-0.05, 0) is 61.6 Å². The average Bonchev–Trinajstić information content (AvgIpc) is 3.26. The molecule has 2 aromatic carbocycles. The zero-order valence-electron chi connectivity index (χ0n) is 12.2. The van der Waals surface area contributed by atoms with Crippen molar-refractivity contribution in [1.29, 1.82) is 0 Å². The molecule has 0 heterocycles. The Morgan fingerprint density at radius 3 is 2.38 bits per heavy atom. The number of aryl methyl sites for hydroxylation is 1. The minimum atomic E-state index is -0.482. The maximum Gasteiger partial charge on any atom is 0.235 e. The van der Waals surface area contributed by atoms with E-state index in [2.05, 4.69) is 5.32 Å². The standard InChI is InChI=1S/C18H18FNO/c1-12-4-3-5-16(13(12)2)20-17(21)18(10-11-18)14-6-8-15(19)9-7-14/h3-9H,10-11H2,1-2H3,(H,20,21). The summed E-state index contributed by atoms with van der Waals surface area (Å²) in [5.41, 5.74) is 3.50. The Hall–Kier alpha value is -2.16. The van der Waals surface area contributed by atoms with Crippen LogP contribution in [-0.2, 0) is 10.2 Å². The largest absolute Gasteiger partial charge is 0.325 e. The molecule has 1 N–H and O–H groups in total. The van der Waals surface area contributed by atoms with Crippen molar-refractivity contribution in [2.75, 3.05) is 5.32 Å². The fourth-order valence-electron chi connectivity index (χ4n) is 2.67. The molecule has 3 heteroatoms. The molecule has 1 aliphatic rings. The molecule has 1 aliphatic carbocycles. The van der Waals surface area contributed by atoms with E-state index in [1.54, 1.807) is 12.1 Å². The minimum absolute atomic E-state index is 0.00260. The van der Waals surface area contributed by atoms with Crippen LogP contribution in [0, 0.1) is 19.7 Å². The van der Waals surface area contributed by atoms with Crippen LogP contribution in [-0.4, -0.2) is 5.91 Å². The number of amides is 1. The fourth-order valence-corrected chi connectivity index (χ4v) is 2.67. The van der Waals surface area contributed by atoms with E-state index in [1.165, 1.54) is 12.1 Å². The molecule has 108 valence electrons. The smallest absolute Gasteiger partial charge is 0.235 e. The highest BCUT2D eigenvalue weighted by atomic mass is 19.1. The zero-order valence-corrected chi connectivity index (χ0v) is 12.2. The van der Waals surface area contributed by atoms with Crippen LogP contribution < -0.4 is 5.32 Å². The number of hydrogen-bond donors (Lipinski definition) is 1. The lowest BCUT2D eigenvalue weighted by Crippen LogP contribution is -2.28. The summed E-state index contributed by atoms with van der Waals surface area (Å²) in [4.78, 5) is 12.6. The van der Waals surface area contributed by atoms with Crippen LogP contribution in [0.15, 0.2) is 42.5 Å². The van der Waals surface area contributed by atoms with Gasteiger partial charge in [-0.2, -0.15) is 0 Å². The van der Waals surface area contributed by atoms with Gasteiger partial charge in [-0.3, -0.25) is 4.79 Å². The van der Waals surface area contributed by atoms with Crippen LogP contribution in [0.1, 0.15) is 29.5 Å². The molecule has 1 amide bonds. The monoisotopic (exact) mass is 283 g/mol. The van der Waals surface area contributed by atoms with Gasteiger partial charge < -0.3 is 5.32 Å². The predicted octanol–water partition coefficient (Wildman–Crippen LogP) is 4.11. The molecule has 0 aliphatic heterocycles. The van der Waals surface area contributed by atoms with E-state index in [-0.39, 0.29) is 11.7 Å². The van der Waals surface area contributed by atoms with E-state index in [9.17, 15) is 9.18 Å². The van der Waals surface area contributed by atoms with E-state index in [1.807, 2.05) is 32.0 Å². The summed E-state index contributed by atoms with van der Waals surface area (Å²) >= 11 is 0. The van der Waals surface area contributed by atoms with Crippen LogP contribution in [0.4, 0.5) is 10.1 Å². The number of carbonyl (C=O) groups excluding carboxylic acids is 1. The zero-order chi connectivity index (χ0) is 15.0. The fraction of sp³-hybridized carbons (Fsp3) is 0.278. The Morgan fingerprint density at radius 2 is 1.76 bits per heavy atom. The van der Waals surface area contributed by atoms with E-state index < -0.39 is 5.41 Å². The number of rotatable bonds is 3. The topological polar surface area (TPSA) is 29.1 Å². The van der Waals surface area contributed by atoms with Crippen LogP contribution in [0.3, 0.4) is 0 Å². The van der Waals surface area contributed by atoms with E-state index in [0.29, 0.717) is 0 Å². The highest BCUT2D eigenvalue weighted by molar-refractivity contribution is 6.01. The molecular weight excluding hydrogens is 265 g/mol. The third-order valence-electron chi connectivity index (χ3n) is 4.43. The minimum Gasteiger partial charge on any atom is -0.325 e. The summed E-state index contributed by atoms with van der Waals surface area (Å²) in [6.07, 6.45) is 1.63. The maximum atomic E-state index is 13.0. The first-order valence-electron chi connectivity index (χ1n) is 7.17. The Bertz CT molecular complexity index is 687. The number of carbonyl (C=O) groups is 1. The number of benzene rings is 2. The van der Waals surface area contributed by atoms with Crippen LogP contribution in [0.5, 0.6) is 0 Å². The third kappa shape index (κ3) is 2.44. The van der Waals surface area contributed by atoms with E-state index >= 15 is 0 Å². The van der Waals surface area contributed by atoms with E-state index in [4.69, 9.17) is 0 Å². The first kappa shape index (κ1) is 13.8. The molecule has 0 radical (unpaired) electrons. The molecule has 0 atom stereocenters. The highest BCUT2D eigenvalue weighted by Gasteiger charge is 2.51. The first-order valence-corrected chi connectivity index (χ1v) is 7.17. The summed E-state index contributed by atoms with van der Waals surface area (Å²) < 4.78 is 13.0. The van der Waals surface area contributed by atoms with E-state index in [0.717, 1.165) is 35.2 Å². The average molecular weight is 283 g/mol. The van der Waals surface area contributed by atoms with Gasteiger partial charge in [0.2, 0.25) is 5.91 Å². The SMILES string of the molecule is Cc1cccc(NC(=O)C2(c3ccc(F)cc3)CC2)c1C. The molecule has 0 saturated heterocycles. The number of halogens is 1. The molecule has 1 fully saturated rings. The van der Waals surface area contributed by atoms with Gasteiger partial charge in [-0.1, -0.05) is 24.3 Å². The molecule has 3 rings (SSSR count). The van der Waals surface area contributed by atoms with Crippen molar-refractivity contribution >= 4 is 11.6 Å². The lowest BCUT2D eigenvalue weighted by molar-refractivity contribution is -0.118. The molecular formula is C18H18FNO. The van der Waals surface area contributed by atoms with Gasteiger partial charge in [0.25, 0.3) is 0 Å². The van der Waals surface area contributed by atoms with Gasteiger partial charge in [-0.15, -0.1) is 0 Å². The number of anilines is 1.